The molecule has 1 aromatic rings. The minimum atomic E-state index is -3.58. The highest BCUT2D eigenvalue weighted by Gasteiger charge is 2.32. The predicted molar refractivity (Wildman–Crippen MR) is 102 cm³/mol. The first-order valence-corrected chi connectivity index (χ1v) is 11.0. The zero-order chi connectivity index (χ0) is 18.9. The third-order valence-corrected chi connectivity index (χ3v) is 7.76. The molecule has 1 amide bonds. The molecule has 0 radical (unpaired) electrons. The van der Waals surface area contributed by atoms with Gasteiger partial charge < -0.3 is 10.2 Å². The number of likely N-dealkylation sites (tertiary alicyclic amines) is 1. The number of aryl methyl sites for hydroxylation is 1. The van der Waals surface area contributed by atoms with Gasteiger partial charge in [-0.1, -0.05) is 19.9 Å². The number of carbonyl (C=O) groups is 1. The minimum absolute atomic E-state index is 0.0738. The molecule has 1 aromatic carbocycles. The van der Waals surface area contributed by atoms with Crippen molar-refractivity contribution in [2.24, 2.45) is 0 Å². The molecule has 0 aromatic heterocycles. The molecule has 2 saturated heterocycles. The van der Waals surface area contributed by atoms with Crippen molar-refractivity contribution >= 4 is 15.9 Å². The molecule has 26 heavy (non-hydrogen) atoms. The van der Waals surface area contributed by atoms with Crippen LogP contribution in [0.3, 0.4) is 0 Å². The quantitative estimate of drug-likeness (QED) is 0.849. The molecule has 2 heterocycles. The van der Waals surface area contributed by atoms with Crippen LogP contribution < -0.4 is 5.32 Å². The van der Waals surface area contributed by atoms with Gasteiger partial charge in [0.15, 0.2) is 0 Å². The van der Waals surface area contributed by atoms with E-state index in [0.29, 0.717) is 42.8 Å². The number of hydrogen-bond donors (Lipinski definition) is 1. The van der Waals surface area contributed by atoms with Gasteiger partial charge in [0.2, 0.25) is 10.0 Å². The number of rotatable bonds is 5. The fourth-order valence-corrected chi connectivity index (χ4v) is 5.73. The van der Waals surface area contributed by atoms with E-state index in [4.69, 9.17) is 0 Å². The highest BCUT2D eigenvalue weighted by Crippen LogP contribution is 2.24. The number of sulfonamides is 1. The van der Waals surface area contributed by atoms with Gasteiger partial charge in [-0.15, -0.1) is 0 Å². The Kier molecular flexibility index (Phi) is 5.69. The zero-order valence-corrected chi connectivity index (χ0v) is 16.7. The first-order valence-electron chi connectivity index (χ1n) is 9.53. The highest BCUT2D eigenvalue weighted by molar-refractivity contribution is 7.89. The maximum Gasteiger partial charge on any atom is 0.253 e. The van der Waals surface area contributed by atoms with Gasteiger partial charge in [-0.05, 0) is 43.9 Å². The standard InChI is InChI=1S/C19H29N3O3S/c1-4-22(5-2)26(24,25)18-12-15(7-6-14(18)3)19(23)21-11-10-16-8-9-17(13-21)20-16/h6-7,12,16-17,20H,4-5,8-11,13H2,1-3H3. The normalized spacial score (nSPS) is 23.3. The van der Waals surface area contributed by atoms with Gasteiger partial charge >= 0.3 is 0 Å². The second-order valence-corrected chi connectivity index (χ2v) is 9.15. The molecular weight excluding hydrogens is 350 g/mol. The third kappa shape index (κ3) is 3.66. The number of carbonyl (C=O) groups excluding carboxylic acids is 1. The molecule has 1 N–H and O–H groups in total. The van der Waals surface area contributed by atoms with Crippen molar-refractivity contribution in [3.63, 3.8) is 0 Å². The number of hydrogen-bond acceptors (Lipinski definition) is 4. The molecule has 0 aliphatic carbocycles. The molecule has 2 unspecified atom stereocenters. The largest absolute Gasteiger partial charge is 0.337 e. The number of amides is 1. The fraction of sp³-hybridized carbons (Fsp3) is 0.632. The van der Waals surface area contributed by atoms with Gasteiger partial charge in [0.25, 0.3) is 5.91 Å². The summed E-state index contributed by atoms with van der Waals surface area (Å²) < 4.78 is 27.3. The molecule has 0 spiro atoms. The summed E-state index contributed by atoms with van der Waals surface area (Å²) in [4.78, 5) is 15.1. The molecule has 2 aliphatic rings. The Balaban J connectivity index is 1.88. The lowest BCUT2D eigenvalue weighted by molar-refractivity contribution is 0.0748. The van der Waals surface area contributed by atoms with Gasteiger partial charge in [-0.2, -0.15) is 4.31 Å². The number of fused-ring (bicyclic) bond motifs is 2. The third-order valence-electron chi connectivity index (χ3n) is 5.57. The van der Waals surface area contributed by atoms with Crippen molar-refractivity contribution in [1.29, 1.82) is 0 Å². The van der Waals surface area contributed by atoms with Crippen molar-refractivity contribution in [3.05, 3.63) is 29.3 Å². The van der Waals surface area contributed by atoms with Crippen molar-refractivity contribution in [2.75, 3.05) is 26.2 Å². The van der Waals surface area contributed by atoms with Crippen molar-refractivity contribution in [1.82, 2.24) is 14.5 Å². The molecule has 3 rings (SSSR count). The molecule has 2 fully saturated rings. The Labute approximate surface area is 156 Å². The number of nitrogens with zero attached hydrogens (tertiary/aromatic N) is 2. The lowest BCUT2D eigenvalue weighted by Gasteiger charge is -2.25. The molecular formula is C19H29N3O3S. The number of benzene rings is 1. The van der Waals surface area contributed by atoms with Gasteiger partial charge in [0.05, 0.1) is 4.90 Å². The van der Waals surface area contributed by atoms with E-state index in [9.17, 15) is 13.2 Å². The average Bonchev–Trinajstić information content (AvgIpc) is 2.94. The fourth-order valence-electron chi connectivity index (χ4n) is 4.02. The molecule has 144 valence electrons. The van der Waals surface area contributed by atoms with E-state index in [1.807, 2.05) is 18.7 Å². The zero-order valence-electron chi connectivity index (χ0n) is 15.9. The molecule has 0 saturated carbocycles. The summed E-state index contributed by atoms with van der Waals surface area (Å²) in [5, 5.41) is 3.57. The SMILES string of the molecule is CCN(CC)S(=O)(=O)c1cc(C(=O)N2CCC3CCC(C2)N3)ccc1C. The van der Waals surface area contributed by atoms with Crippen LogP contribution in [0.2, 0.25) is 0 Å². The van der Waals surface area contributed by atoms with E-state index in [1.165, 1.54) is 10.7 Å². The lowest BCUT2D eigenvalue weighted by Crippen LogP contribution is -2.39. The van der Waals surface area contributed by atoms with E-state index in [0.717, 1.165) is 19.4 Å². The van der Waals surface area contributed by atoms with Crippen molar-refractivity contribution < 1.29 is 13.2 Å². The Bertz CT molecular complexity index is 774. The summed E-state index contributed by atoms with van der Waals surface area (Å²) in [6, 6.07) is 5.91. The van der Waals surface area contributed by atoms with Gasteiger partial charge in [0, 0.05) is 43.8 Å². The smallest absolute Gasteiger partial charge is 0.253 e. The summed E-state index contributed by atoms with van der Waals surface area (Å²) in [5.41, 5.74) is 1.13. The highest BCUT2D eigenvalue weighted by atomic mass is 32.2. The van der Waals surface area contributed by atoms with E-state index >= 15 is 0 Å². The summed E-state index contributed by atoms with van der Waals surface area (Å²) in [7, 11) is -3.58. The predicted octanol–water partition coefficient (Wildman–Crippen LogP) is 1.99. The Morgan fingerprint density at radius 3 is 2.58 bits per heavy atom. The molecule has 7 heteroatoms. The Hall–Kier alpha value is -1.44. The minimum Gasteiger partial charge on any atom is -0.337 e. The maximum atomic E-state index is 13.0. The van der Waals surface area contributed by atoms with E-state index in [1.54, 1.807) is 25.1 Å². The van der Waals surface area contributed by atoms with Crippen LogP contribution in [0.1, 0.15) is 49.0 Å². The van der Waals surface area contributed by atoms with Gasteiger partial charge in [0.1, 0.15) is 0 Å². The summed E-state index contributed by atoms with van der Waals surface area (Å²) in [6.07, 6.45) is 3.24. The molecule has 6 nitrogen and oxygen atoms in total. The van der Waals surface area contributed by atoms with E-state index in [-0.39, 0.29) is 10.8 Å². The molecule has 2 atom stereocenters. The average molecular weight is 380 g/mol. The van der Waals surface area contributed by atoms with Crippen LogP contribution in [-0.4, -0.2) is 61.8 Å². The summed E-state index contributed by atoms with van der Waals surface area (Å²) in [6.45, 7) is 7.67. The van der Waals surface area contributed by atoms with Crippen LogP contribution in [0.4, 0.5) is 0 Å². The van der Waals surface area contributed by atoms with Crippen molar-refractivity contribution in [2.45, 2.75) is 57.0 Å². The second-order valence-electron chi connectivity index (χ2n) is 7.25. The van der Waals surface area contributed by atoms with Crippen LogP contribution in [0.25, 0.3) is 0 Å². The number of nitrogens with one attached hydrogen (secondary N) is 1. The van der Waals surface area contributed by atoms with Gasteiger partial charge in [-0.25, -0.2) is 8.42 Å². The second kappa shape index (κ2) is 7.66. The summed E-state index contributed by atoms with van der Waals surface area (Å²) >= 11 is 0. The first-order chi connectivity index (χ1) is 12.4. The van der Waals surface area contributed by atoms with Crippen LogP contribution in [0, 0.1) is 6.92 Å². The first kappa shape index (κ1) is 19.3. The van der Waals surface area contributed by atoms with Crippen LogP contribution in [0.5, 0.6) is 0 Å². The maximum absolute atomic E-state index is 13.0. The monoisotopic (exact) mass is 379 g/mol. The molecule has 2 bridgehead atoms. The van der Waals surface area contributed by atoms with Gasteiger partial charge in [-0.3, -0.25) is 4.79 Å². The summed E-state index contributed by atoms with van der Waals surface area (Å²) in [5.74, 6) is -0.0738. The Morgan fingerprint density at radius 1 is 1.19 bits per heavy atom. The van der Waals surface area contributed by atoms with E-state index in [2.05, 4.69) is 5.32 Å². The van der Waals surface area contributed by atoms with Crippen LogP contribution in [-0.2, 0) is 10.0 Å². The van der Waals surface area contributed by atoms with Crippen molar-refractivity contribution in [3.8, 4) is 0 Å². The van der Waals surface area contributed by atoms with E-state index < -0.39 is 10.0 Å². The topological polar surface area (TPSA) is 69.7 Å². The lowest BCUT2D eigenvalue weighted by atomic mass is 10.1. The van der Waals surface area contributed by atoms with Crippen LogP contribution in [0.15, 0.2) is 23.1 Å². The van der Waals surface area contributed by atoms with Crippen LogP contribution >= 0.6 is 0 Å². The Morgan fingerprint density at radius 2 is 1.88 bits per heavy atom. The molecule has 2 aliphatic heterocycles.